The Balaban J connectivity index is 3.15. The van der Waals surface area contributed by atoms with E-state index in [2.05, 4.69) is 6.92 Å². The van der Waals surface area contributed by atoms with Crippen molar-refractivity contribution in [2.45, 2.75) is 59.0 Å². The first-order valence-electron chi connectivity index (χ1n) is 5.85. The average molecular weight is 216 g/mol. The van der Waals surface area contributed by atoms with Crippen molar-refractivity contribution in [1.29, 1.82) is 0 Å². The highest BCUT2D eigenvalue weighted by molar-refractivity contribution is 5.65. The number of ether oxygens (including phenoxy) is 1. The third kappa shape index (κ3) is 9.73. The van der Waals surface area contributed by atoms with Crippen LogP contribution in [0.25, 0.3) is 0 Å². The summed E-state index contributed by atoms with van der Waals surface area (Å²) in [6.07, 6.45) is 5.21. The summed E-state index contributed by atoms with van der Waals surface area (Å²) in [5.41, 5.74) is 0. The molecule has 1 N–H and O–H groups in total. The second kappa shape index (κ2) is 8.72. The number of esters is 1. The molecule has 0 spiro atoms. The van der Waals surface area contributed by atoms with Gasteiger partial charge in [0.25, 0.3) is 0 Å². The number of hydrogen-bond donors (Lipinski definition) is 1. The minimum Gasteiger partial charge on any atom is -0.466 e. The lowest BCUT2D eigenvalue weighted by molar-refractivity contribution is -0.141. The number of carbonyl (C=O) groups is 1. The molecule has 0 aromatic heterocycles. The highest BCUT2D eigenvalue weighted by Crippen LogP contribution is 2.13. The van der Waals surface area contributed by atoms with Crippen LogP contribution in [-0.2, 0) is 9.53 Å². The van der Waals surface area contributed by atoms with Gasteiger partial charge in [0.2, 0.25) is 0 Å². The molecule has 0 amide bonds. The summed E-state index contributed by atoms with van der Waals surface area (Å²) in [5, 5.41) is 9.27. The highest BCUT2D eigenvalue weighted by Gasteiger charge is 2.07. The molecule has 2 atom stereocenters. The monoisotopic (exact) mass is 216 g/mol. The summed E-state index contributed by atoms with van der Waals surface area (Å²) >= 11 is 0. The molecule has 0 unspecified atom stereocenters. The molecule has 0 fully saturated rings. The van der Waals surface area contributed by atoms with Crippen LogP contribution >= 0.6 is 0 Å². The first-order valence-corrected chi connectivity index (χ1v) is 5.85. The van der Waals surface area contributed by atoms with Gasteiger partial charge in [-0.05, 0) is 25.7 Å². The largest absolute Gasteiger partial charge is 0.466 e. The molecular formula is C12H24O3. The van der Waals surface area contributed by atoms with Crippen molar-refractivity contribution in [2.75, 3.05) is 6.61 Å². The Kier molecular flexibility index (Phi) is 8.38. The van der Waals surface area contributed by atoms with Crippen LogP contribution in [0.1, 0.15) is 52.9 Å². The molecule has 15 heavy (non-hydrogen) atoms. The van der Waals surface area contributed by atoms with E-state index in [4.69, 9.17) is 4.74 Å². The second-order valence-corrected chi connectivity index (χ2v) is 4.26. The van der Waals surface area contributed by atoms with E-state index in [1.165, 1.54) is 6.92 Å². The van der Waals surface area contributed by atoms with E-state index >= 15 is 0 Å². The molecule has 0 aliphatic heterocycles. The second-order valence-electron chi connectivity index (χ2n) is 4.26. The molecule has 90 valence electrons. The Morgan fingerprint density at radius 3 is 2.33 bits per heavy atom. The van der Waals surface area contributed by atoms with Crippen LogP contribution in [0.2, 0.25) is 0 Å². The molecule has 0 rings (SSSR count). The fraction of sp³-hybridized carbons (Fsp3) is 0.917. The Morgan fingerprint density at radius 1 is 1.20 bits per heavy atom. The summed E-state index contributed by atoms with van der Waals surface area (Å²) in [6.45, 7) is 5.89. The molecule has 0 aliphatic carbocycles. The van der Waals surface area contributed by atoms with E-state index in [1.54, 1.807) is 0 Å². The molecule has 0 saturated carbocycles. The Bertz CT molecular complexity index is 166. The predicted octanol–water partition coefficient (Wildman–Crippen LogP) is 2.52. The van der Waals surface area contributed by atoms with Gasteiger partial charge in [-0.25, -0.2) is 0 Å². The van der Waals surface area contributed by atoms with E-state index in [-0.39, 0.29) is 12.1 Å². The number of aliphatic hydroxyl groups is 1. The number of hydrogen-bond acceptors (Lipinski definition) is 3. The maximum absolute atomic E-state index is 10.4. The zero-order valence-corrected chi connectivity index (χ0v) is 10.2. The van der Waals surface area contributed by atoms with E-state index in [1.807, 2.05) is 6.92 Å². The first kappa shape index (κ1) is 14.4. The molecule has 3 nitrogen and oxygen atoms in total. The Morgan fingerprint density at radius 2 is 1.80 bits per heavy atom. The normalized spacial score (nSPS) is 14.7. The van der Waals surface area contributed by atoms with E-state index in [0.717, 1.165) is 32.1 Å². The fourth-order valence-corrected chi connectivity index (χ4v) is 1.38. The third-order valence-electron chi connectivity index (χ3n) is 2.68. The van der Waals surface area contributed by atoms with Gasteiger partial charge >= 0.3 is 5.97 Å². The van der Waals surface area contributed by atoms with Crippen LogP contribution in [0.5, 0.6) is 0 Å². The van der Waals surface area contributed by atoms with Crippen LogP contribution in [0, 0.1) is 5.92 Å². The van der Waals surface area contributed by atoms with Crippen molar-refractivity contribution >= 4 is 5.97 Å². The van der Waals surface area contributed by atoms with Crippen molar-refractivity contribution in [3.63, 3.8) is 0 Å². The molecular weight excluding hydrogens is 192 g/mol. The van der Waals surface area contributed by atoms with Crippen LogP contribution in [-0.4, -0.2) is 23.8 Å². The number of aliphatic hydroxyl groups excluding tert-OH is 1. The van der Waals surface area contributed by atoms with Gasteiger partial charge in [0.05, 0.1) is 12.7 Å². The molecule has 0 bridgehead atoms. The van der Waals surface area contributed by atoms with Gasteiger partial charge in [-0.3, -0.25) is 4.79 Å². The summed E-state index contributed by atoms with van der Waals surface area (Å²) in [4.78, 5) is 10.4. The van der Waals surface area contributed by atoms with Gasteiger partial charge < -0.3 is 9.84 Å². The molecule has 0 aliphatic rings. The van der Waals surface area contributed by atoms with Crippen LogP contribution in [0.3, 0.4) is 0 Å². The van der Waals surface area contributed by atoms with Gasteiger partial charge in [-0.1, -0.05) is 26.2 Å². The quantitative estimate of drug-likeness (QED) is 0.501. The topological polar surface area (TPSA) is 46.5 Å². The summed E-state index contributed by atoms with van der Waals surface area (Å²) in [7, 11) is 0. The molecule has 0 aromatic carbocycles. The Hall–Kier alpha value is -0.570. The zero-order chi connectivity index (χ0) is 11.7. The lowest BCUT2D eigenvalue weighted by Crippen LogP contribution is -2.12. The van der Waals surface area contributed by atoms with Crippen molar-refractivity contribution in [2.24, 2.45) is 5.92 Å². The minimum atomic E-state index is -0.203. The van der Waals surface area contributed by atoms with E-state index < -0.39 is 0 Å². The van der Waals surface area contributed by atoms with Crippen LogP contribution in [0.15, 0.2) is 0 Å². The van der Waals surface area contributed by atoms with Crippen LogP contribution in [0.4, 0.5) is 0 Å². The minimum absolute atomic E-state index is 0.197. The molecule has 0 saturated heterocycles. The van der Waals surface area contributed by atoms with Crippen molar-refractivity contribution in [3.05, 3.63) is 0 Å². The maximum atomic E-state index is 10.4. The van der Waals surface area contributed by atoms with Gasteiger partial charge in [-0.15, -0.1) is 0 Å². The molecule has 0 radical (unpaired) electrons. The van der Waals surface area contributed by atoms with Crippen LogP contribution < -0.4 is 0 Å². The standard InChI is InChI=1S/C12H24O3/c1-10(11(2)13)8-6-4-5-7-9-15-12(3)14/h10-11,13H,4-9H2,1-3H3/t10-,11+/m1/s1. The summed E-state index contributed by atoms with van der Waals surface area (Å²) < 4.78 is 4.83. The van der Waals surface area contributed by atoms with E-state index in [0.29, 0.717) is 12.5 Å². The van der Waals surface area contributed by atoms with Gasteiger partial charge in [0, 0.05) is 6.92 Å². The first-order chi connectivity index (χ1) is 7.04. The fourth-order valence-electron chi connectivity index (χ4n) is 1.38. The van der Waals surface area contributed by atoms with E-state index in [9.17, 15) is 9.90 Å². The molecule has 0 aromatic rings. The smallest absolute Gasteiger partial charge is 0.302 e. The molecule has 0 heterocycles. The zero-order valence-electron chi connectivity index (χ0n) is 10.2. The third-order valence-corrected chi connectivity index (χ3v) is 2.68. The summed E-state index contributed by atoms with van der Waals surface area (Å²) in [6, 6.07) is 0. The number of unbranched alkanes of at least 4 members (excludes halogenated alkanes) is 3. The molecule has 3 heteroatoms. The lowest BCUT2D eigenvalue weighted by Gasteiger charge is -2.13. The van der Waals surface area contributed by atoms with Gasteiger partial charge in [0.1, 0.15) is 0 Å². The SMILES string of the molecule is CC(=O)OCCCCCC[C@@H](C)[C@H](C)O. The Labute approximate surface area is 92.8 Å². The van der Waals surface area contributed by atoms with Crippen molar-refractivity contribution in [1.82, 2.24) is 0 Å². The maximum Gasteiger partial charge on any atom is 0.302 e. The predicted molar refractivity (Wildman–Crippen MR) is 60.6 cm³/mol. The van der Waals surface area contributed by atoms with Crippen molar-refractivity contribution in [3.8, 4) is 0 Å². The lowest BCUT2D eigenvalue weighted by atomic mass is 9.98. The highest BCUT2D eigenvalue weighted by atomic mass is 16.5. The van der Waals surface area contributed by atoms with Gasteiger partial charge in [-0.2, -0.15) is 0 Å². The average Bonchev–Trinajstić information content (AvgIpc) is 2.15. The summed E-state index contributed by atoms with van der Waals surface area (Å²) in [5.74, 6) is 0.191. The van der Waals surface area contributed by atoms with Crippen molar-refractivity contribution < 1.29 is 14.6 Å². The number of carbonyl (C=O) groups excluding carboxylic acids is 1. The van der Waals surface area contributed by atoms with Gasteiger partial charge in [0.15, 0.2) is 0 Å². The number of rotatable bonds is 8.